The van der Waals surface area contributed by atoms with E-state index in [9.17, 15) is 13.2 Å². The lowest BCUT2D eigenvalue weighted by Crippen LogP contribution is -2.23. The van der Waals surface area contributed by atoms with Crippen LogP contribution in [0.3, 0.4) is 0 Å². The Morgan fingerprint density at radius 2 is 1.92 bits per heavy atom. The van der Waals surface area contributed by atoms with E-state index in [4.69, 9.17) is 4.74 Å². The van der Waals surface area contributed by atoms with Crippen LogP contribution >= 0.6 is 0 Å². The maximum Gasteiger partial charge on any atom is 0.338 e. The highest BCUT2D eigenvalue weighted by Crippen LogP contribution is 2.11. The molecule has 0 saturated heterocycles. The van der Waals surface area contributed by atoms with E-state index < -0.39 is 16.0 Å². The number of carbonyl (C=O) groups excluding carboxylic acids is 1. The van der Waals surface area contributed by atoms with Crippen LogP contribution in [0.4, 0.5) is 0 Å². The minimum Gasteiger partial charge on any atom is -0.460 e. The number of hydrogen-bond acceptors (Lipinski definition) is 5. The van der Waals surface area contributed by atoms with Gasteiger partial charge in [0.15, 0.2) is 0 Å². The number of esters is 1. The summed E-state index contributed by atoms with van der Waals surface area (Å²) in [6.07, 6.45) is 0. The topological polar surface area (TPSA) is 90.3 Å². The number of aryl methyl sites for hydroxylation is 2. The molecule has 1 heterocycles. The van der Waals surface area contributed by atoms with Gasteiger partial charge in [0.1, 0.15) is 6.61 Å². The number of benzene rings is 1. The second-order valence-electron chi connectivity index (χ2n) is 5.31. The van der Waals surface area contributed by atoms with Crippen molar-refractivity contribution >= 4 is 16.0 Å². The molecule has 2 aromatic rings. The molecule has 0 aliphatic rings. The number of hydrogen-bond donors (Lipinski definition) is 1. The van der Waals surface area contributed by atoms with Crippen molar-refractivity contribution in [3.63, 3.8) is 0 Å². The van der Waals surface area contributed by atoms with E-state index in [-0.39, 0.29) is 11.5 Å². The molecule has 8 heteroatoms. The van der Waals surface area contributed by atoms with E-state index in [1.54, 1.807) is 11.6 Å². The molecule has 130 valence electrons. The zero-order valence-corrected chi connectivity index (χ0v) is 14.8. The third-order valence-electron chi connectivity index (χ3n) is 3.37. The summed E-state index contributed by atoms with van der Waals surface area (Å²) in [6.45, 7) is 6.50. The van der Waals surface area contributed by atoms with Gasteiger partial charge in [-0.25, -0.2) is 17.9 Å². The Labute approximate surface area is 141 Å². The lowest BCUT2D eigenvalue weighted by Gasteiger charge is -2.08. The number of sulfonamides is 1. The average molecular weight is 351 g/mol. The maximum atomic E-state index is 12.0. The van der Waals surface area contributed by atoms with Crippen LogP contribution in [-0.2, 0) is 21.3 Å². The Balaban J connectivity index is 1.94. The summed E-state index contributed by atoms with van der Waals surface area (Å²) < 4.78 is 33.0. The van der Waals surface area contributed by atoms with Crippen molar-refractivity contribution in [2.75, 3.05) is 13.2 Å². The summed E-state index contributed by atoms with van der Waals surface area (Å²) in [6, 6.07) is 7.60. The summed E-state index contributed by atoms with van der Waals surface area (Å²) in [5.74, 6) is -0.496. The zero-order chi connectivity index (χ0) is 17.7. The van der Waals surface area contributed by atoms with Gasteiger partial charge in [-0.1, -0.05) is 6.92 Å². The first-order valence-electron chi connectivity index (χ1n) is 7.61. The molecule has 7 nitrogen and oxygen atoms in total. The van der Waals surface area contributed by atoms with Crippen molar-refractivity contribution < 1.29 is 17.9 Å². The Bertz CT molecular complexity index is 810. The van der Waals surface area contributed by atoms with Crippen LogP contribution in [0.1, 0.15) is 28.7 Å². The minimum atomic E-state index is -3.52. The summed E-state index contributed by atoms with van der Waals surface area (Å²) in [4.78, 5) is 12.1. The summed E-state index contributed by atoms with van der Waals surface area (Å²) in [5.41, 5.74) is 2.22. The van der Waals surface area contributed by atoms with Crippen molar-refractivity contribution in [2.45, 2.75) is 32.2 Å². The number of aromatic nitrogens is 2. The van der Waals surface area contributed by atoms with E-state index in [2.05, 4.69) is 9.82 Å². The third kappa shape index (κ3) is 4.42. The standard InChI is InChI=1S/C16H21N3O4S/c1-4-17-24(21,22)15-7-5-14(6-8-15)16(20)23-10-9-19-13(3)11-12(2)18-19/h5-8,11,17H,4,9-10H2,1-3H3. The second-order valence-corrected chi connectivity index (χ2v) is 7.08. The van der Waals surface area contributed by atoms with Crippen LogP contribution in [0.2, 0.25) is 0 Å². The van der Waals surface area contributed by atoms with Gasteiger partial charge >= 0.3 is 5.97 Å². The lowest BCUT2D eigenvalue weighted by molar-refractivity contribution is 0.0487. The predicted molar refractivity (Wildman–Crippen MR) is 89.3 cm³/mol. The van der Waals surface area contributed by atoms with E-state index in [0.717, 1.165) is 11.4 Å². The molecule has 0 aliphatic carbocycles. The van der Waals surface area contributed by atoms with Crippen LogP contribution in [0.5, 0.6) is 0 Å². The van der Waals surface area contributed by atoms with Crippen LogP contribution in [0.15, 0.2) is 35.2 Å². The maximum absolute atomic E-state index is 12.0. The molecule has 0 bridgehead atoms. The number of ether oxygens (including phenoxy) is 1. The zero-order valence-electron chi connectivity index (χ0n) is 13.9. The number of carbonyl (C=O) groups is 1. The molecule has 1 aromatic carbocycles. The van der Waals surface area contributed by atoms with Crippen molar-refractivity contribution in [3.05, 3.63) is 47.3 Å². The second kappa shape index (κ2) is 7.59. The molecule has 0 saturated carbocycles. The minimum absolute atomic E-state index is 0.114. The molecule has 0 fully saturated rings. The van der Waals surface area contributed by atoms with E-state index in [1.165, 1.54) is 24.3 Å². The first kappa shape index (κ1) is 18.2. The molecule has 1 aromatic heterocycles. The van der Waals surface area contributed by atoms with Crippen LogP contribution in [-0.4, -0.2) is 37.3 Å². The molecule has 2 rings (SSSR count). The summed E-state index contributed by atoms with van der Waals surface area (Å²) in [7, 11) is -3.52. The molecule has 0 amide bonds. The summed E-state index contributed by atoms with van der Waals surface area (Å²) in [5, 5.41) is 4.29. The van der Waals surface area contributed by atoms with Crippen LogP contribution in [0.25, 0.3) is 0 Å². The first-order valence-corrected chi connectivity index (χ1v) is 9.09. The van der Waals surface area contributed by atoms with Gasteiger partial charge in [0.25, 0.3) is 0 Å². The Kier molecular flexibility index (Phi) is 5.74. The van der Waals surface area contributed by atoms with Gasteiger partial charge in [-0.05, 0) is 44.2 Å². The van der Waals surface area contributed by atoms with Gasteiger partial charge in [-0.15, -0.1) is 0 Å². The van der Waals surface area contributed by atoms with Crippen LogP contribution in [0, 0.1) is 13.8 Å². The largest absolute Gasteiger partial charge is 0.460 e. The van der Waals surface area contributed by atoms with E-state index >= 15 is 0 Å². The number of nitrogens with one attached hydrogen (secondary N) is 1. The molecular weight excluding hydrogens is 330 g/mol. The lowest BCUT2D eigenvalue weighted by atomic mass is 10.2. The quantitative estimate of drug-likeness (QED) is 0.766. The van der Waals surface area contributed by atoms with Crippen molar-refractivity contribution in [1.29, 1.82) is 0 Å². The van der Waals surface area contributed by atoms with Crippen molar-refractivity contribution in [1.82, 2.24) is 14.5 Å². The van der Waals surface area contributed by atoms with Gasteiger partial charge in [-0.2, -0.15) is 5.10 Å². The average Bonchev–Trinajstić information content (AvgIpc) is 2.85. The van der Waals surface area contributed by atoms with Gasteiger partial charge in [0.2, 0.25) is 10.0 Å². The van der Waals surface area contributed by atoms with Gasteiger partial charge in [0, 0.05) is 12.2 Å². The molecule has 0 unspecified atom stereocenters. The molecule has 1 N–H and O–H groups in total. The van der Waals surface area contributed by atoms with Crippen LogP contribution < -0.4 is 4.72 Å². The molecule has 0 spiro atoms. The highest BCUT2D eigenvalue weighted by Gasteiger charge is 2.14. The van der Waals surface area contributed by atoms with Gasteiger partial charge in [0.05, 0.1) is 22.7 Å². The number of rotatable bonds is 7. The fraction of sp³-hybridized carbons (Fsp3) is 0.375. The molecule has 0 radical (unpaired) electrons. The molecular formula is C16H21N3O4S. The van der Waals surface area contributed by atoms with E-state index in [0.29, 0.717) is 18.7 Å². The first-order chi connectivity index (χ1) is 11.3. The monoisotopic (exact) mass is 351 g/mol. The van der Waals surface area contributed by atoms with Crippen molar-refractivity contribution in [2.24, 2.45) is 0 Å². The highest BCUT2D eigenvalue weighted by atomic mass is 32.2. The molecule has 24 heavy (non-hydrogen) atoms. The Morgan fingerprint density at radius 1 is 1.25 bits per heavy atom. The molecule has 0 atom stereocenters. The van der Waals surface area contributed by atoms with Crippen molar-refractivity contribution in [3.8, 4) is 0 Å². The third-order valence-corrected chi connectivity index (χ3v) is 4.94. The molecule has 0 aliphatic heterocycles. The van der Waals surface area contributed by atoms with Gasteiger partial charge in [-0.3, -0.25) is 4.68 Å². The fourth-order valence-electron chi connectivity index (χ4n) is 2.25. The SMILES string of the molecule is CCNS(=O)(=O)c1ccc(C(=O)OCCn2nc(C)cc2C)cc1. The predicted octanol–water partition coefficient (Wildman–Crippen LogP) is 1.66. The number of nitrogens with zero attached hydrogens (tertiary/aromatic N) is 2. The van der Waals surface area contributed by atoms with E-state index in [1.807, 2.05) is 19.9 Å². The fourth-order valence-corrected chi connectivity index (χ4v) is 3.29. The smallest absolute Gasteiger partial charge is 0.338 e. The Morgan fingerprint density at radius 3 is 2.46 bits per heavy atom. The van der Waals surface area contributed by atoms with Gasteiger partial charge < -0.3 is 4.74 Å². The highest BCUT2D eigenvalue weighted by molar-refractivity contribution is 7.89. The normalized spacial score (nSPS) is 11.5. The summed E-state index contributed by atoms with van der Waals surface area (Å²) >= 11 is 0. The Hall–Kier alpha value is -2.19.